The molecule has 2 N–H and O–H groups in total. The zero-order chi connectivity index (χ0) is 11.8. The van der Waals surface area contributed by atoms with Gasteiger partial charge in [-0.2, -0.15) is 0 Å². The maximum Gasteiger partial charge on any atom is 0.305 e. The lowest BCUT2D eigenvalue weighted by Gasteiger charge is -1.98. The molecule has 1 aromatic rings. The monoisotopic (exact) mass is 220 g/mol. The number of pyridine rings is 1. The van der Waals surface area contributed by atoms with Crippen molar-refractivity contribution in [2.45, 2.75) is 6.42 Å². The van der Waals surface area contributed by atoms with Crippen LogP contribution in [0.5, 0.6) is 0 Å². The second-order valence-corrected chi connectivity index (χ2v) is 3.05. The Balaban J connectivity index is 2.34. The lowest BCUT2D eigenvalue weighted by molar-refractivity contribution is -0.136. The Morgan fingerprint density at radius 2 is 2.31 bits per heavy atom. The van der Waals surface area contributed by atoms with Crippen LogP contribution in [0.4, 0.5) is 0 Å². The molecule has 84 valence electrons. The predicted molar refractivity (Wildman–Crippen MR) is 58.5 cm³/mol. The molecule has 5 heteroatoms. The van der Waals surface area contributed by atoms with Gasteiger partial charge in [0.05, 0.1) is 6.42 Å². The Labute approximate surface area is 92.8 Å². The molecule has 0 aliphatic rings. The molecule has 0 aromatic carbocycles. The molecule has 0 saturated heterocycles. The third-order valence-electron chi connectivity index (χ3n) is 1.75. The van der Waals surface area contributed by atoms with Gasteiger partial charge in [0.15, 0.2) is 0 Å². The Bertz CT molecular complexity index is 387. The van der Waals surface area contributed by atoms with Gasteiger partial charge < -0.3 is 10.4 Å². The van der Waals surface area contributed by atoms with Gasteiger partial charge in [-0.1, -0.05) is 6.07 Å². The van der Waals surface area contributed by atoms with Crippen molar-refractivity contribution in [3.8, 4) is 0 Å². The molecule has 1 aromatic heterocycles. The lowest BCUT2D eigenvalue weighted by atomic mass is 10.2. The summed E-state index contributed by atoms with van der Waals surface area (Å²) < 4.78 is 0. The first-order valence-corrected chi connectivity index (χ1v) is 4.76. The summed E-state index contributed by atoms with van der Waals surface area (Å²) in [7, 11) is 0. The van der Waals surface area contributed by atoms with Gasteiger partial charge in [-0.25, -0.2) is 0 Å². The molecule has 0 spiro atoms. The molecular formula is C11H12N2O3. The second kappa shape index (κ2) is 6.34. The van der Waals surface area contributed by atoms with Crippen LogP contribution >= 0.6 is 0 Å². The number of carbonyl (C=O) groups excluding carboxylic acids is 1. The van der Waals surface area contributed by atoms with Crippen LogP contribution in [0.3, 0.4) is 0 Å². The summed E-state index contributed by atoms with van der Waals surface area (Å²) in [6.07, 6.45) is 6.15. The van der Waals surface area contributed by atoms with Crippen LogP contribution in [-0.2, 0) is 9.59 Å². The first-order valence-electron chi connectivity index (χ1n) is 4.76. The number of nitrogens with one attached hydrogen (secondary N) is 1. The van der Waals surface area contributed by atoms with Gasteiger partial charge in [0.2, 0.25) is 5.91 Å². The zero-order valence-electron chi connectivity index (χ0n) is 8.59. The highest BCUT2D eigenvalue weighted by atomic mass is 16.4. The van der Waals surface area contributed by atoms with Gasteiger partial charge in [-0.15, -0.1) is 0 Å². The van der Waals surface area contributed by atoms with Crippen molar-refractivity contribution in [2.24, 2.45) is 0 Å². The highest BCUT2D eigenvalue weighted by Crippen LogP contribution is 1.97. The minimum Gasteiger partial charge on any atom is -0.481 e. The number of carbonyl (C=O) groups is 2. The third kappa shape index (κ3) is 4.90. The molecule has 16 heavy (non-hydrogen) atoms. The number of aromatic nitrogens is 1. The predicted octanol–water partition coefficient (Wildman–Crippen LogP) is 0.686. The highest BCUT2D eigenvalue weighted by Gasteiger charge is 1.98. The zero-order valence-corrected chi connectivity index (χ0v) is 8.59. The van der Waals surface area contributed by atoms with E-state index in [4.69, 9.17) is 5.11 Å². The Hall–Kier alpha value is -2.17. The molecule has 0 saturated carbocycles. The van der Waals surface area contributed by atoms with Gasteiger partial charge in [0.1, 0.15) is 0 Å². The first kappa shape index (κ1) is 11.9. The summed E-state index contributed by atoms with van der Waals surface area (Å²) in [5, 5.41) is 10.8. The largest absolute Gasteiger partial charge is 0.481 e. The molecule has 0 aliphatic heterocycles. The van der Waals surface area contributed by atoms with Crippen molar-refractivity contribution >= 4 is 18.0 Å². The van der Waals surface area contributed by atoms with E-state index in [0.29, 0.717) is 0 Å². The van der Waals surface area contributed by atoms with Crippen molar-refractivity contribution < 1.29 is 14.7 Å². The summed E-state index contributed by atoms with van der Waals surface area (Å²) in [5.74, 6) is -1.25. The fourth-order valence-corrected chi connectivity index (χ4v) is 0.998. The molecule has 1 amide bonds. The van der Waals surface area contributed by atoms with E-state index in [1.807, 2.05) is 6.07 Å². The molecule has 1 heterocycles. The van der Waals surface area contributed by atoms with E-state index >= 15 is 0 Å². The third-order valence-corrected chi connectivity index (χ3v) is 1.75. The van der Waals surface area contributed by atoms with E-state index in [1.54, 1.807) is 24.5 Å². The van der Waals surface area contributed by atoms with Gasteiger partial charge in [-0.05, 0) is 17.7 Å². The molecule has 0 aliphatic carbocycles. The van der Waals surface area contributed by atoms with Crippen LogP contribution in [0, 0.1) is 0 Å². The summed E-state index contributed by atoms with van der Waals surface area (Å²) in [5.41, 5.74) is 0.816. The van der Waals surface area contributed by atoms with E-state index in [0.717, 1.165) is 5.56 Å². The maximum atomic E-state index is 11.2. The Kier molecular flexibility index (Phi) is 4.72. The number of carboxylic acid groups (broad SMARTS) is 1. The van der Waals surface area contributed by atoms with Gasteiger partial charge in [0, 0.05) is 25.0 Å². The number of rotatable bonds is 5. The number of hydrogen-bond acceptors (Lipinski definition) is 3. The van der Waals surface area contributed by atoms with E-state index < -0.39 is 5.97 Å². The minimum atomic E-state index is -0.934. The van der Waals surface area contributed by atoms with Crippen molar-refractivity contribution in [3.05, 3.63) is 36.2 Å². The van der Waals surface area contributed by atoms with Crippen LogP contribution < -0.4 is 5.32 Å². The Morgan fingerprint density at radius 1 is 1.50 bits per heavy atom. The number of hydrogen-bond donors (Lipinski definition) is 2. The van der Waals surface area contributed by atoms with Crippen molar-refractivity contribution in [1.29, 1.82) is 0 Å². The van der Waals surface area contributed by atoms with Gasteiger partial charge in [-0.3, -0.25) is 14.6 Å². The number of amides is 1. The van der Waals surface area contributed by atoms with Crippen molar-refractivity contribution in [2.75, 3.05) is 6.54 Å². The summed E-state index contributed by atoms with van der Waals surface area (Å²) >= 11 is 0. The SMILES string of the molecule is O=C(O)CCNC(=O)C=Cc1cccnc1. The molecule has 5 nitrogen and oxygen atoms in total. The maximum absolute atomic E-state index is 11.2. The molecule has 0 radical (unpaired) electrons. The standard InChI is InChI=1S/C11H12N2O3/c14-10(13-7-5-11(15)16)4-3-9-2-1-6-12-8-9/h1-4,6,8H,5,7H2,(H,13,14)(H,15,16). The van der Waals surface area contributed by atoms with Crippen LogP contribution in [0.15, 0.2) is 30.6 Å². The molecule has 0 unspecified atom stereocenters. The minimum absolute atomic E-state index is 0.0769. The summed E-state index contributed by atoms with van der Waals surface area (Å²) in [4.78, 5) is 25.3. The lowest BCUT2D eigenvalue weighted by Crippen LogP contribution is -2.23. The Morgan fingerprint density at radius 3 is 2.94 bits per heavy atom. The average Bonchev–Trinajstić information content (AvgIpc) is 2.27. The molecule has 0 bridgehead atoms. The second-order valence-electron chi connectivity index (χ2n) is 3.05. The van der Waals surface area contributed by atoms with Crippen LogP contribution in [0.25, 0.3) is 6.08 Å². The average molecular weight is 220 g/mol. The number of carboxylic acids is 1. The first-order chi connectivity index (χ1) is 7.68. The van der Waals surface area contributed by atoms with E-state index in [1.165, 1.54) is 6.08 Å². The molecule has 0 fully saturated rings. The van der Waals surface area contributed by atoms with Crippen LogP contribution in [-0.4, -0.2) is 28.5 Å². The molecule has 1 rings (SSSR count). The summed E-state index contributed by atoms with van der Waals surface area (Å²) in [6, 6.07) is 3.58. The fraction of sp³-hybridized carbons (Fsp3) is 0.182. The number of nitrogens with zero attached hydrogens (tertiary/aromatic N) is 1. The normalized spacial score (nSPS) is 10.2. The van der Waals surface area contributed by atoms with Crippen molar-refractivity contribution in [3.63, 3.8) is 0 Å². The highest BCUT2D eigenvalue weighted by molar-refractivity contribution is 5.91. The topological polar surface area (TPSA) is 79.3 Å². The van der Waals surface area contributed by atoms with Crippen LogP contribution in [0.1, 0.15) is 12.0 Å². The summed E-state index contributed by atoms with van der Waals surface area (Å²) in [6.45, 7) is 0.131. The van der Waals surface area contributed by atoms with E-state index in [2.05, 4.69) is 10.3 Å². The van der Waals surface area contributed by atoms with Gasteiger partial charge >= 0.3 is 5.97 Å². The molecular weight excluding hydrogens is 208 g/mol. The fourth-order valence-electron chi connectivity index (χ4n) is 0.998. The van der Waals surface area contributed by atoms with E-state index in [-0.39, 0.29) is 18.9 Å². The quantitative estimate of drug-likeness (QED) is 0.715. The smallest absolute Gasteiger partial charge is 0.305 e. The van der Waals surface area contributed by atoms with Gasteiger partial charge in [0.25, 0.3) is 0 Å². The van der Waals surface area contributed by atoms with Crippen LogP contribution in [0.2, 0.25) is 0 Å². The van der Waals surface area contributed by atoms with E-state index in [9.17, 15) is 9.59 Å². The number of aliphatic carboxylic acids is 1. The van der Waals surface area contributed by atoms with Crippen molar-refractivity contribution in [1.82, 2.24) is 10.3 Å². The molecule has 0 atom stereocenters.